The minimum absolute atomic E-state index is 0.0243. The van der Waals surface area contributed by atoms with Gasteiger partial charge in [0.1, 0.15) is 5.69 Å². The predicted molar refractivity (Wildman–Crippen MR) is 73.2 cm³/mol. The second-order valence-corrected chi connectivity index (χ2v) is 6.20. The van der Waals surface area contributed by atoms with Crippen molar-refractivity contribution in [2.75, 3.05) is 45.6 Å². The highest BCUT2D eigenvalue weighted by atomic mass is 32.1. The van der Waals surface area contributed by atoms with Gasteiger partial charge in [-0.15, -0.1) is 11.3 Å². The SMILES string of the molecule is CN1C[C@@H]2COC[C@H](C1)N(C(=O)c1csc(N)n1)C2. The van der Waals surface area contributed by atoms with E-state index < -0.39 is 0 Å². The third kappa shape index (κ3) is 2.58. The van der Waals surface area contributed by atoms with Gasteiger partial charge in [0, 0.05) is 30.9 Å². The van der Waals surface area contributed by atoms with Crippen LogP contribution in [0.5, 0.6) is 0 Å². The van der Waals surface area contributed by atoms with Crippen LogP contribution in [0.3, 0.4) is 0 Å². The van der Waals surface area contributed by atoms with Crippen LogP contribution in [0.25, 0.3) is 0 Å². The Hall–Kier alpha value is -1.18. The molecule has 2 aliphatic rings. The Morgan fingerprint density at radius 2 is 2.32 bits per heavy atom. The van der Waals surface area contributed by atoms with E-state index in [2.05, 4.69) is 16.9 Å². The van der Waals surface area contributed by atoms with Gasteiger partial charge < -0.3 is 20.3 Å². The summed E-state index contributed by atoms with van der Waals surface area (Å²) in [6.07, 6.45) is 0. The second kappa shape index (κ2) is 5.07. The zero-order valence-corrected chi connectivity index (χ0v) is 11.7. The van der Waals surface area contributed by atoms with Gasteiger partial charge in [-0.2, -0.15) is 0 Å². The summed E-state index contributed by atoms with van der Waals surface area (Å²) >= 11 is 1.31. The summed E-state index contributed by atoms with van der Waals surface area (Å²) in [5.41, 5.74) is 6.07. The number of aromatic nitrogens is 1. The van der Waals surface area contributed by atoms with E-state index in [0.717, 1.165) is 26.2 Å². The summed E-state index contributed by atoms with van der Waals surface area (Å²) in [4.78, 5) is 20.8. The molecule has 3 rings (SSSR count). The molecule has 2 atom stereocenters. The predicted octanol–water partition coefficient (Wildman–Crippen LogP) is 0.128. The zero-order chi connectivity index (χ0) is 13.4. The Kier molecular flexibility index (Phi) is 3.42. The van der Waals surface area contributed by atoms with E-state index in [1.807, 2.05) is 4.90 Å². The highest BCUT2D eigenvalue weighted by Gasteiger charge is 2.35. The number of hydrogen-bond acceptors (Lipinski definition) is 6. The fourth-order valence-corrected chi connectivity index (χ4v) is 3.40. The summed E-state index contributed by atoms with van der Waals surface area (Å²) < 4.78 is 5.67. The largest absolute Gasteiger partial charge is 0.379 e. The molecule has 2 aliphatic heterocycles. The van der Waals surface area contributed by atoms with Gasteiger partial charge in [-0.3, -0.25) is 4.79 Å². The van der Waals surface area contributed by atoms with Crippen molar-refractivity contribution in [2.45, 2.75) is 6.04 Å². The maximum atomic E-state index is 12.6. The van der Waals surface area contributed by atoms with Crippen molar-refractivity contribution in [1.82, 2.24) is 14.8 Å². The molecule has 2 fully saturated rings. The van der Waals surface area contributed by atoms with Crippen LogP contribution in [-0.4, -0.2) is 66.6 Å². The maximum Gasteiger partial charge on any atom is 0.273 e. The fourth-order valence-electron chi connectivity index (χ4n) is 2.86. The van der Waals surface area contributed by atoms with Crippen LogP contribution in [0.15, 0.2) is 5.38 Å². The first-order chi connectivity index (χ1) is 9.13. The van der Waals surface area contributed by atoms with Crippen molar-refractivity contribution in [1.29, 1.82) is 0 Å². The van der Waals surface area contributed by atoms with Gasteiger partial charge in [0.05, 0.1) is 19.3 Å². The van der Waals surface area contributed by atoms with Gasteiger partial charge in [0.15, 0.2) is 5.13 Å². The van der Waals surface area contributed by atoms with Gasteiger partial charge in [-0.25, -0.2) is 4.98 Å². The van der Waals surface area contributed by atoms with E-state index in [1.165, 1.54) is 11.3 Å². The molecule has 7 heteroatoms. The highest BCUT2D eigenvalue weighted by molar-refractivity contribution is 7.13. The number of carbonyl (C=O) groups excluding carboxylic acids is 1. The number of rotatable bonds is 1. The van der Waals surface area contributed by atoms with Gasteiger partial charge >= 0.3 is 0 Å². The molecular formula is C12H18N4O2S. The number of nitrogen functional groups attached to an aromatic ring is 1. The Morgan fingerprint density at radius 3 is 3.05 bits per heavy atom. The standard InChI is InChI=1S/C12H18N4O2S/c1-15-2-8-3-16(9(4-15)6-18-5-8)11(17)10-7-19-12(13)14-10/h7-9H,2-6H2,1H3,(H2,13,14)/t8-,9-/m0/s1. The number of amides is 1. The number of nitrogens with two attached hydrogens (primary N) is 1. The normalized spacial score (nSPS) is 28.2. The minimum atomic E-state index is -0.0243. The molecule has 104 valence electrons. The monoisotopic (exact) mass is 282 g/mol. The Morgan fingerprint density at radius 1 is 1.47 bits per heavy atom. The van der Waals surface area contributed by atoms with Gasteiger partial charge in [0.25, 0.3) is 5.91 Å². The molecule has 6 nitrogen and oxygen atoms in total. The van der Waals surface area contributed by atoms with Crippen LogP contribution in [0, 0.1) is 5.92 Å². The number of ether oxygens (including phenoxy) is 1. The molecule has 0 unspecified atom stereocenters. The molecule has 3 heterocycles. The van der Waals surface area contributed by atoms with Crippen molar-refractivity contribution in [3.63, 3.8) is 0 Å². The van der Waals surface area contributed by atoms with Crippen LogP contribution < -0.4 is 5.73 Å². The number of anilines is 1. The molecule has 2 N–H and O–H groups in total. The first kappa shape index (κ1) is 12.8. The molecule has 1 aromatic rings. The summed E-state index contributed by atoms with van der Waals surface area (Å²) in [7, 11) is 2.10. The molecule has 0 aromatic carbocycles. The molecular weight excluding hydrogens is 264 g/mol. The van der Waals surface area contributed by atoms with E-state index in [1.54, 1.807) is 5.38 Å². The molecule has 1 amide bonds. The van der Waals surface area contributed by atoms with E-state index in [9.17, 15) is 4.79 Å². The van der Waals surface area contributed by atoms with Gasteiger partial charge in [-0.1, -0.05) is 0 Å². The molecule has 0 saturated carbocycles. The average molecular weight is 282 g/mol. The lowest BCUT2D eigenvalue weighted by atomic mass is 10.1. The number of fused-ring (bicyclic) bond motifs is 3. The number of hydrogen-bond donors (Lipinski definition) is 1. The number of likely N-dealkylation sites (N-methyl/N-ethyl adjacent to an activating group) is 1. The molecule has 0 radical (unpaired) electrons. The topological polar surface area (TPSA) is 71.7 Å². The lowest BCUT2D eigenvalue weighted by molar-refractivity contribution is 0.0481. The van der Waals surface area contributed by atoms with Crippen molar-refractivity contribution in [3.05, 3.63) is 11.1 Å². The Balaban J connectivity index is 1.85. The fraction of sp³-hybridized carbons (Fsp3) is 0.667. The van der Waals surface area contributed by atoms with Gasteiger partial charge in [-0.05, 0) is 7.05 Å². The van der Waals surface area contributed by atoms with E-state index in [0.29, 0.717) is 23.4 Å². The molecule has 0 spiro atoms. The molecule has 1 aromatic heterocycles. The van der Waals surface area contributed by atoms with Crippen LogP contribution in [0.4, 0.5) is 5.13 Å². The number of carbonyl (C=O) groups is 1. The zero-order valence-electron chi connectivity index (χ0n) is 10.9. The van der Waals surface area contributed by atoms with Crippen LogP contribution >= 0.6 is 11.3 Å². The maximum absolute atomic E-state index is 12.6. The van der Waals surface area contributed by atoms with Crippen molar-refractivity contribution < 1.29 is 9.53 Å². The van der Waals surface area contributed by atoms with E-state index in [-0.39, 0.29) is 11.9 Å². The van der Waals surface area contributed by atoms with Crippen molar-refractivity contribution >= 4 is 22.4 Å². The van der Waals surface area contributed by atoms with Crippen LogP contribution in [-0.2, 0) is 4.74 Å². The molecule has 0 aliphatic carbocycles. The first-order valence-corrected chi connectivity index (χ1v) is 7.29. The summed E-state index contributed by atoms with van der Waals surface area (Å²) in [5, 5.41) is 2.17. The highest BCUT2D eigenvalue weighted by Crippen LogP contribution is 2.22. The van der Waals surface area contributed by atoms with E-state index >= 15 is 0 Å². The minimum Gasteiger partial charge on any atom is -0.379 e. The van der Waals surface area contributed by atoms with Crippen molar-refractivity contribution in [3.8, 4) is 0 Å². The summed E-state index contributed by atoms with van der Waals surface area (Å²) in [6, 6.07) is 0.105. The molecule has 2 saturated heterocycles. The Labute approximate surface area is 116 Å². The smallest absolute Gasteiger partial charge is 0.273 e. The number of thiazole rings is 1. The lowest BCUT2D eigenvalue weighted by Gasteiger charge is -2.29. The third-order valence-corrected chi connectivity index (χ3v) is 4.33. The summed E-state index contributed by atoms with van der Waals surface area (Å²) in [6.45, 7) is 3.89. The molecule has 2 bridgehead atoms. The average Bonchev–Trinajstić information content (AvgIpc) is 2.60. The van der Waals surface area contributed by atoms with Gasteiger partial charge in [0.2, 0.25) is 0 Å². The molecule has 19 heavy (non-hydrogen) atoms. The van der Waals surface area contributed by atoms with E-state index in [4.69, 9.17) is 10.5 Å². The number of nitrogens with zero attached hydrogens (tertiary/aromatic N) is 3. The lowest BCUT2D eigenvalue weighted by Crippen LogP contribution is -2.46. The quantitative estimate of drug-likeness (QED) is 0.792. The van der Waals surface area contributed by atoms with Crippen LogP contribution in [0.1, 0.15) is 10.5 Å². The van der Waals surface area contributed by atoms with Crippen LogP contribution in [0.2, 0.25) is 0 Å². The second-order valence-electron chi connectivity index (χ2n) is 5.31. The first-order valence-electron chi connectivity index (χ1n) is 6.41. The Bertz CT molecular complexity index is 478. The van der Waals surface area contributed by atoms with Crippen molar-refractivity contribution in [2.24, 2.45) is 5.92 Å². The summed E-state index contributed by atoms with van der Waals surface area (Å²) in [5.74, 6) is 0.348. The third-order valence-electron chi connectivity index (χ3n) is 3.65.